The van der Waals surface area contributed by atoms with Crippen molar-refractivity contribution in [1.82, 2.24) is 5.32 Å². The lowest BCUT2D eigenvalue weighted by Gasteiger charge is -2.38. The molecule has 0 bridgehead atoms. The second-order valence-electron chi connectivity index (χ2n) is 10.1. The summed E-state index contributed by atoms with van der Waals surface area (Å²) in [7, 11) is -1.73. The molecule has 32 heavy (non-hydrogen) atoms. The van der Waals surface area contributed by atoms with Gasteiger partial charge in [0.15, 0.2) is 14.1 Å². The Morgan fingerprint density at radius 2 is 2.06 bits per heavy atom. The van der Waals surface area contributed by atoms with Crippen molar-refractivity contribution >= 4 is 54.3 Å². The Labute approximate surface area is 202 Å². The molecule has 0 unspecified atom stereocenters. The number of hydrogen-bond donors (Lipinski definition) is 1. The first kappa shape index (κ1) is 25.5. The lowest BCUT2D eigenvalue weighted by atomic mass is 10.0. The molecule has 2 aliphatic rings. The van der Waals surface area contributed by atoms with E-state index in [0.29, 0.717) is 16.0 Å². The smallest absolute Gasteiger partial charge is 0.201 e. The van der Waals surface area contributed by atoms with Gasteiger partial charge in [-0.3, -0.25) is 9.59 Å². The number of anilines is 1. The molecule has 0 amide bonds. The molecule has 0 aromatic heterocycles. The van der Waals surface area contributed by atoms with Crippen LogP contribution in [-0.2, 0) is 14.0 Å². The third-order valence-electron chi connectivity index (χ3n) is 6.65. The van der Waals surface area contributed by atoms with Crippen LogP contribution in [0.3, 0.4) is 0 Å². The Balaban J connectivity index is 1.65. The number of nitrogens with zero attached hydrogens (tertiary/aromatic N) is 1. The van der Waals surface area contributed by atoms with Gasteiger partial charge in [0.1, 0.15) is 0 Å². The number of nitrogens with one attached hydrogen (secondary N) is 1. The Hall–Kier alpha value is -1.12. The molecule has 2 fully saturated rings. The molecule has 5 nitrogen and oxygen atoms in total. The fourth-order valence-electron chi connectivity index (χ4n) is 3.80. The van der Waals surface area contributed by atoms with Crippen LogP contribution in [0.2, 0.25) is 23.2 Å². The van der Waals surface area contributed by atoms with E-state index in [9.17, 15) is 9.59 Å². The summed E-state index contributed by atoms with van der Waals surface area (Å²) in [6.07, 6.45) is 3.98. The molecule has 1 aromatic rings. The van der Waals surface area contributed by atoms with Crippen LogP contribution in [0, 0.1) is 0 Å². The Morgan fingerprint density at radius 1 is 1.31 bits per heavy atom. The Kier molecular flexibility index (Phi) is 8.31. The van der Waals surface area contributed by atoms with E-state index in [-0.39, 0.29) is 22.4 Å². The van der Waals surface area contributed by atoms with Gasteiger partial charge < -0.3 is 14.6 Å². The summed E-state index contributed by atoms with van der Waals surface area (Å²) < 4.78 is 6.30. The van der Waals surface area contributed by atoms with Gasteiger partial charge in [0.2, 0.25) is 5.12 Å². The second kappa shape index (κ2) is 10.4. The van der Waals surface area contributed by atoms with Crippen LogP contribution in [0.1, 0.15) is 45.6 Å². The molecule has 1 aromatic carbocycles. The number of carbonyl (C=O) groups excluding carboxylic acids is 2. The van der Waals surface area contributed by atoms with E-state index in [4.69, 9.17) is 16.0 Å². The zero-order valence-corrected chi connectivity index (χ0v) is 22.4. The predicted octanol–water partition coefficient (Wildman–Crippen LogP) is 5.49. The maximum atomic E-state index is 12.1. The summed E-state index contributed by atoms with van der Waals surface area (Å²) in [6, 6.07) is 6.10. The van der Waals surface area contributed by atoms with E-state index < -0.39 is 8.32 Å². The van der Waals surface area contributed by atoms with Crippen molar-refractivity contribution in [3.63, 3.8) is 0 Å². The van der Waals surface area contributed by atoms with Gasteiger partial charge in [-0.2, -0.15) is 0 Å². The monoisotopic (exact) mass is 494 g/mol. The standard InChI is InChI=1S/C24H35ClN2O3SSi/c1-24(2,3)32(4,5)30-13-11-26-18-9-7-12-27(16-18)23-17(8-6-10-19(23)25)14-21-20(28)15-22(29)31-21/h6,8,10,14,18,26H,7,9,11-13,15-16H2,1-5H3/b21-14-/t18-/m1/s1. The van der Waals surface area contributed by atoms with Crippen molar-refractivity contribution in [2.75, 3.05) is 31.1 Å². The fraction of sp³-hybridized carbons (Fsp3) is 0.583. The maximum absolute atomic E-state index is 12.1. The number of ketones is 1. The Morgan fingerprint density at radius 3 is 2.72 bits per heavy atom. The van der Waals surface area contributed by atoms with Crippen LogP contribution in [0.15, 0.2) is 23.1 Å². The highest BCUT2D eigenvalue weighted by Gasteiger charge is 2.37. The average molecular weight is 495 g/mol. The normalized spacial score (nSPS) is 21.6. The van der Waals surface area contributed by atoms with Gasteiger partial charge in [-0.15, -0.1) is 0 Å². The van der Waals surface area contributed by atoms with Crippen LogP contribution in [-0.4, -0.2) is 51.5 Å². The molecular weight excluding hydrogens is 460 g/mol. The van der Waals surface area contributed by atoms with Crippen LogP contribution >= 0.6 is 23.4 Å². The molecule has 0 radical (unpaired) electrons. The van der Waals surface area contributed by atoms with E-state index in [0.717, 1.165) is 62.1 Å². The number of halogens is 1. The van der Waals surface area contributed by atoms with Crippen LogP contribution < -0.4 is 10.2 Å². The largest absolute Gasteiger partial charge is 0.416 e. The molecule has 0 aliphatic carbocycles. The zero-order valence-electron chi connectivity index (χ0n) is 19.8. The summed E-state index contributed by atoms with van der Waals surface area (Å²) in [4.78, 5) is 26.6. The minimum atomic E-state index is -1.73. The number of allylic oxidation sites excluding steroid dienone is 1. The second-order valence-corrected chi connectivity index (χ2v) is 16.4. The molecule has 2 aliphatic heterocycles. The summed E-state index contributed by atoms with van der Waals surface area (Å²) >= 11 is 7.65. The minimum Gasteiger partial charge on any atom is -0.416 e. The van der Waals surface area contributed by atoms with Crippen molar-refractivity contribution in [2.24, 2.45) is 0 Å². The SMILES string of the molecule is CC(C)(C)[Si](C)(C)OCCN[C@@H]1CCCN(c2c(Cl)cccc2/C=C2\SC(=O)CC2=O)C1. The first-order chi connectivity index (χ1) is 15.0. The first-order valence-electron chi connectivity index (χ1n) is 11.3. The van der Waals surface area contributed by atoms with Crippen molar-refractivity contribution in [3.8, 4) is 0 Å². The van der Waals surface area contributed by atoms with Gasteiger partial charge in [-0.25, -0.2) is 0 Å². The number of benzene rings is 1. The molecule has 8 heteroatoms. The molecule has 0 spiro atoms. The highest BCUT2D eigenvalue weighted by molar-refractivity contribution is 8.18. The molecule has 176 valence electrons. The lowest BCUT2D eigenvalue weighted by Crippen LogP contribution is -2.48. The van der Waals surface area contributed by atoms with Gasteiger partial charge >= 0.3 is 0 Å². The minimum absolute atomic E-state index is 0.0148. The molecule has 2 saturated heterocycles. The van der Waals surface area contributed by atoms with Gasteiger partial charge in [0.25, 0.3) is 0 Å². The number of carbonyl (C=O) groups is 2. The molecule has 1 N–H and O–H groups in total. The summed E-state index contributed by atoms with van der Waals surface area (Å²) in [5.74, 6) is -0.106. The van der Waals surface area contributed by atoms with E-state index >= 15 is 0 Å². The number of rotatable bonds is 7. The molecule has 2 heterocycles. The van der Waals surface area contributed by atoms with E-state index in [1.807, 2.05) is 24.3 Å². The highest BCUT2D eigenvalue weighted by Crippen LogP contribution is 2.38. The van der Waals surface area contributed by atoms with Crippen molar-refractivity contribution in [3.05, 3.63) is 33.7 Å². The van der Waals surface area contributed by atoms with Crippen LogP contribution in [0.25, 0.3) is 6.08 Å². The summed E-state index contributed by atoms with van der Waals surface area (Å²) in [6.45, 7) is 14.7. The average Bonchev–Trinajstić information content (AvgIpc) is 3.01. The quantitative estimate of drug-likeness (QED) is 0.234. The third kappa shape index (κ3) is 6.26. The van der Waals surface area contributed by atoms with E-state index in [1.54, 1.807) is 0 Å². The molecule has 0 saturated carbocycles. The van der Waals surface area contributed by atoms with Crippen molar-refractivity contribution in [2.45, 2.75) is 64.2 Å². The lowest BCUT2D eigenvalue weighted by molar-refractivity contribution is -0.119. The van der Waals surface area contributed by atoms with Crippen molar-refractivity contribution in [1.29, 1.82) is 0 Å². The highest BCUT2D eigenvalue weighted by atomic mass is 35.5. The number of Topliss-reactive ketones (excluding diaryl/α,β-unsaturated/α-hetero) is 1. The maximum Gasteiger partial charge on any atom is 0.201 e. The summed E-state index contributed by atoms with van der Waals surface area (Å²) in [5, 5.41) is 4.46. The van der Waals surface area contributed by atoms with Crippen LogP contribution in [0.4, 0.5) is 5.69 Å². The third-order valence-corrected chi connectivity index (χ3v) is 12.4. The number of hydrogen-bond acceptors (Lipinski definition) is 6. The molecule has 3 rings (SSSR count). The zero-order chi connectivity index (χ0) is 23.5. The van der Waals surface area contributed by atoms with Gasteiger partial charge in [-0.1, -0.05) is 44.5 Å². The number of piperidine rings is 1. The first-order valence-corrected chi connectivity index (χ1v) is 15.4. The van der Waals surface area contributed by atoms with Gasteiger partial charge in [0.05, 0.1) is 22.0 Å². The summed E-state index contributed by atoms with van der Waals surface area (Å²) in [5.41, 5.74) is 1.84. The topological polar surface area (TPSA) is 58.6 Å². The molecule has 1 atom stereocenters. The Bertz CT molecular complexity index is 898. The number of para-hydroxylation sites is 1. The predicted molar refractivity (Wildman–Crippen MR) is 138 cm³/mol. The fourth-order valence-corrected chi connectivity index (χ4v) is 5.97. The van der Waals surface area contributed by atoms with Gasteiger partial charge in [-0.05, 0) is 54.9 Å². The van der Waals surface area contributed by atoms with E-state index in [1.165, 1.54) is 0 Å². The molecular formula is C24H35ClN2O3SSi. The van der Waals surface area contributed by atoms with Crippen LogP contribution in [0.5, 0.6) is 0 Å². The number of thioether (sulfide) groups is 1. The van der Waals surface area contributed by atoms with Gasteiger partial charge in [0, 0.05) is 37.8 Å². The van der Waals surface area contributed by atoms with E-state index in [2.05, 4.69) is 44.1 Å². The van der Waals surface area contributed by atoms with Crippen molar-refractivity contribution < 1.29 is 14.0 Å².